The molecule has 0 spiro atoms. The van der Waals surface area contributed by atoms with Gasteiger partial charge >= 0.3 is 0 Å². The summed E-state index contributed by atoms with van der Waals surface area (Å²) >= 11 is 0. The highest BCUT2D eigenvalue weighted by Crippen LogP contribution is 2.19. The fourth-order valence-electron chi connectivity index (χ4n) is 2.43. The summed E-state index contributed by atoms with van der Waals surface area (Å²) in [5.74, 6) is 1.39. The molecule has 1 aliphatic heterocycles. The van der Waals surface area contributed by atoms with Crippen molar-refractivity contribution in [3.63, 3.8) is 0 Å². The number of nitrogens with zero attached hydrogens (tertiary/aromatic N) is 4. The maximum absolute atomic E-state index is 5.85. The molecule has 0 saturated carbocycles. The van der Waals surface area contributed by atoms with Crippen LogP contribution in [0.4, 0.5) is 5.95 Å². The fourth-order valence-corrected chi connectivity index (χ4v) is 2.43. The molecular formula is C15H27N5O. The Morgan fingerprint density at radius 1 is 1.29 bits per heavy atom. The monoisotopic (exact) mass is 293 g/mol. The third kappa shape index (κ3) is 4.04. The standard InChI is InChI=1S/C15H27N5O/c1-12(2)21-13-5-6-17-14(18-13)19-7-9-20(10-8-19)15(3,4)11-16/h5-6,12H,7-11,16H2,1-4H3. The van der Waals surface area contributed by atoms with Gasteiger partial charge in [-0.05, 0) is 27.7 Å². The Hall–Kier alpha value is -1.40. The van der Waals surface area contributed by atoms with Crippen LogP contribution in [0, 0.1) is 0 Å². The SMILES string of the molecule is CC(C)Oc1ccnc(N2CCN(C(C)(C)CN)CC2)n1. The molecule has 1 fully saturated rings. The molecule has 0 unspecified atom stereocenters. The number of ether oxygens (including phenoxy) is 1. The van der Waals surface area contributed by atoms with Crippen LogP contribution in [0.25, 0.3) is 0 Å². The maximum atomic E-state index is 5.85. The van der Waals surface area contributed by atoms with Gasteiger partial charge in [-0.3, -0.25) is 4.90 Å². The zero-order valence-electron chi connectivity index (χ0n) is 13.5. The Morgan fingerprint density at radius 3 is 2.52 bits per heavy atom. The van der Waals surface area contributed by atoms with Gasteiger partial charge in [-0.25, -0.2) is 4.98 Å². The Morgan fingerprint density at radius 2 is 1.95 bits per heavy atom. The van der Waals surface area contributed by atoms with Gasteiger partial charge < -0.3 is 15.4 Å². The van der Waals surface area contributed by atoms with Crippen molar-refractivity contribution in [2.75, 3.05) is 37.6 Å². The molecule has 2 N–H and O–H groups in total. The predicted octanol–water partition coefficient (Wildman–Crippen LogP) is 1.12. The van der Waals surface area contributed by atoms with Crippen molar-refractivity contribution in [1.29, 1.82) is 0 Å². The van der Waals surface area contributed by atoms with Gasteiger partial charge in [0.15, 0.2) is 0 Å². The van der Waals surface area contributed by atoms with Gasteiger partial charge in [0.25, 0.3) is 0 Å². The minimum absolute atomic E-state index is 0.0511. The second-order valence-corrected chi connectivity index (χ2v) is 6.35. The molecule has 0 atom stereocenters. The summed E-state index contributed by atoms with van der Waals surface area (Å²) in [7, 11) is 0. The molecule has 0 bridgehead atoms. The zero-order valence-corrected chi connectivity index (χ0v) is 13.5. The summed E-state index contributed by atoms with van der Waals surface area (Å²) in [6.07, 6.45) is 1.88. The lowest BCUT2D eigenvalue weighted by atomic mass is 10.0. The molecule has 0 radical (unpaired) electrons. The van der Waals surface area contributed by atoms with E-state index in [-0.39, 0.29) is 11.6 Å². The van der Waals surface area contributed by atoms with Gasteiger partial charge in [-0.15, -0.1) is 0 Å². The molecule has 1 aromatic heterocycles. The number of piperazine rings is 1. The number of rotatable bonds is 5. The van der Waals surface area contributed by atoms with E-state index in [4.69, 9.17) is 10.5 Å². The van der Waals surface area contributed by atoms with Crippen LogP contribution < -0.4 is 15.4 Å². The number of anilines is 1. The minimum atomic E-state index is 0.0511. The van der Waals surface area contributed by atoms with Crippen LogP contribution in [-0.4, -0.2) is 59.2 Å². The third-order valence-corrected chi connectivity index (χ3v) is 3.89. The van der Waals surface area contributed by atoms with Crippen LogP contribution in [0.1, 0.15) is 27.7 Å². The van der Waals surface area contributed by atoms with Crippen molar-refractivity contribution < 1.29 is 4.74 Å². The van der Waals surface area contributed by atoms with Gasteiger partial charge in [0, 0.05) is 50.5 Å². The molecule has 6 nitrogen and oxygen atoms in total. The largest absolute Gasteiger partial charge is 0.475 e. The molecule has 1 aliphatic rings. The maximum Gasteiger partial charge on any atom is 0.228 e. The van der Waals surface area contributed by atoms with Crippen LogP contribution in [-0.2, 0) is 0 Å². The van der Waals surface area contributed by atoms with Gasteiger partial charge in [0.2, 0.25) is 11.8 Å². The number of hydrogen-bond donors (Lipinski definition) is 1. The van der Waals surface area contributed by atoms with Crippen LogP contribution in [0.3, 0.4) is 0 Å². The van der Waals surface area contributed by atoms with Gasteiger partial charge in [0.05, 0.1) is 6.10 Å². The molecule has 2 rings (SSSR count). The Labute approximate surface area is 127 Å². The normalized spacial score (nSPS) is 17.3. The first kappa shape index (κ1) is 16.0. The fraction of sp³-hybridized carbons (Fsp3) is 0.733. The predicted molar refractivity (Wildman–Crippen MR) is 84.7 cm³/mol. The van der Waals surface area contributed by atoms with E-state index in [0.717, 1.165) is 32.1 Å². The smallest absolute Gasteiger partial charge is 0.228 e. The van der Waals surface area contributed by atoms with Crippen molar-refractivity contribution in [2.24, 2.45) is 5.73 Å². The van der Waals surface area contributed by atoms with Gasteiger partial charge in [-0.1, -0.05) is 0 Å². The second-order valence-electron chi connectivity index (χ2n) is 6.35. The molecule has 21 heavy (non-hydrogen) atoms. The van der Waals surface area contributed by atoms with Crippen LogP contribution in [0.15, 0.2) is 12.3 Å². The van der Waals surface area contributed by atoms with E-state index in [2.05, 4.69) is 33.6 Å². The number of nitrogens with two attached hydrogens (primary N) is 1. The van der Waals surface area contributed by atoms with Crippen LogP contribution in [0.2, 0.25) is 0 Å². The first-order chi connectivity index (χ1) is 9.92. The quantitative estimate of drug-likeness (QED) is 0.877. The summed E-state index contributed by atoms with van der Waals surface area (Å²) in [5.41, 5.74) is 5.90. The average Bonchev–Trinajstić information content (AvgIpc) is 2.47. The second kappa shape index (κ2) is 6.58. The lowest BCUT2D eigenvalue weighted by Gasteiger charge is -2.43. The van der Waals surface area contributed by atoms with Crippen LogP contribution in [0.5, 0.6) is 5.88 Å². The highest BCUT2D eigenvalue weighted by molar-refractivity contribution is 5.32. The summed E-state index contributed by atoms with van der Waals surface area (Å²) < 4.78 is 5.63. The van der Waals surface area contributed by atoms with Gasteiger partial charge in [0.1, 0.15) is 0 Å². The van der Waals surface area contributed by atoms with E-state index in [1.165, 1.54) is 0 Å². The summed E-state index contributed by atoms with van der Waals surface area (Å²) in [5, 5.41) is 0. The van der Waals surface area contributed by atoms with Crippen molar-refractivity contribution >= 4 is 5.95 Å². The van der Waals surface area contributed by atoms with E-state index < -0.39 is 0 Å². The molecule has 6 heteroatoms. The lowest BCUT2D eigenvalue weighted by molar-refractivity contribution is 0.118. The first-order valence-corrected chi connectivity index (χ1v) is 7.62. The molecule has 1 saturated heterocycles. The van der Waals surface area contributed by atoms with E-state index in [1.807, 2.05) is 13.8 Å². The van der Waals surface area contributed by atoms with Crippen molar-refractivity contribution in [1.82, 2.24) is 14.9 Å². The van der Waals surface area contributed by atoms with E-state index in [1.54, 1.807) is 12.3 Å². The highest BCUT2D eigenvalue weighted by atomic mass is 16.5. The van der Waals surface area contributed by atoms with Crippen molar-refractivity contribution in [3.05, 3.63) is 12.3 Å². The van der Waals surface area contributed by atoms with E-state index in [0.29, 0.717) is 12.4 Å². The van der Waals surface area contributed by atoms with Crippen LogP contribution >= 0.6 is 0 Å². The lowest BCUT2D eigenvalue weighted by Crippen LogP contribution is -2.57. The number of hydrogen-bond acceptors (Lipinski definition) is 6. The summed E-state index contributed by atoms with van der Waals surface area (Å²) in [6, 6.07) is 1.80. The van der Waals surface area contributed by atoms with Gasteiger partial charge in [-0.2, -0.15) is 4.98 Å². The molecule has 0 aliphatic carbocycles. The minimum Gasteiger partial charge on any atom is -0.475 e. The number of aromatic nitrogens is 2. The molecule has 1 aromatic rings. The molecule has 118 valence electrons. The summed E-state index contributed by atoms with van der Waals surface area (Å²) in [6.45, 7) is 12.8. The molecule has 0 amide bonds. The van der Waals surface area contributed by atoms with Crippen molar-refractivity contribution in [2.45, 2.75) is 39.3 Å². The van der Waals surface area contributed by atoms with E-state index in [9.17, 15) is 0 Å². The average molecular weight is 293 g/mol. The highest BCUT2D eigenvalue weighted by Gasteiger charge is 2.29. The Kier molecular flexibility index (Phi) is 5.00. The third-order valence-electron chi connectivity index (χ3n) is 3.89. The Balaban J connectivity index is 1.99. The van der Waals surface area contributed by atoms with Crippen molar-refractivity contribution in [3.8, 4) is 5.88 Å². The zero-order chi connectivity index (χ0) is 15.5. The summed E-state index contributed by atoms with van der Waals surface area (Å²) in [4.78, 5) is 13.5. The Bertz CT molecular complexity index is 455. The molecular weight excluding hydrogens is 266 g/mol. The van der Waals surface area contributed by atoms with E-state index >= 15 is 0 Å². The first-order valence-electron chi connectivity index (χ1n) is 7.62. The topological polar surface area (TPSA) is 67.5 Å². The molecule has 2 heterocycles. The molecule has 0 aromatic carbocycles.